The fraction of sp³-hybridized carbons (Fsp3) is 0. The molecule has 0 fully saturated rings. The Balaban J connectivity index is 2.41. The van der Waals surface area contributed by atoms with E-state index in [-0.39, 0.29) is 5.02 Å². The van der Waals surface area contributed by atoms with Crippen LogP contribution in [0.25, 0.3) is 0 Å². The molecule has 0 bridgehead atoms. The highest BCUT2D eigenvalue weighted by molar-refractivity contribution is 6.31. The van der Waals surface area contributed by atoms with E-state index in [1.807, 2.05) is 6.07 Å². The van der Waals surface area contributed by atoms with Gasteiger partial charge >= 0.3 is 0 Å². The molecule has 18 heavy (non-hydrogen) atoms. The van der Waals surface area contributed by atoms with Crippen LogP contribution in [0.15, 0.2) is 36.4 Å². The van der Waals surface area contributed by atoms with E-state index in [0.717, 1.165) is 0 Å². The highest BCUT2D eigenvalue weighted by Crippen LogP contribution is 2.29. The number of para-hydroxylation sites is 1. The number of nitrogens with zero attached hydrogens (tertiary/aromatic N) is 1. The lowest BCUT2D eigenvalue weighted by molar-refractivity contribution is 0.629. The highest BCUT2D eigenvalue weighted by atomic mass is 35.5. The van der Waals surface area contributed by atoms with Crippen LogP contribution >= 0.6 is 11.6 Å². The van der Waals surface area contributed by atoms with Gasteiger partial charge < -0.3 is 11.1 Å². The van der Waals surface area contributed by atoms with Crippen molar-refractivity contribution in [3.8, 4) is 6.07 Å². The predicted octanol–water partition coefficient (Wildman–Crippen LogP) is 3.68. The predicted molar refractivity (Wildman–Crippen MR) is 70.3 cm³/mol. The average Bonchev–Trinajstić information content (AvgIpc) is 2.36. The molecule has 3 nitrogen and oxygen atoms in total. The average molecular weight is 262 g/mol. The van der Waals surface area contributed by atoms with Gasteiger partial charge in [0.25, 0.3) is 0 Å². The molecular weight excluding hydrogens is 253 g/mol. The summed E-state index contributed by atoms with van der Waals surface area (Å²) in [6, 6.07) is 11.5. The highest BCUT2D eigenvalue weighted by Gasteiger charge is 2.08. The maximum absolute atomic E-state index is 13.4. The molecule has 0 atom stereocenters. The number of halogens is 2. The number of anilines is 3. The Morgan fingerprint density at radius 3 is 2.67 bits per heavy atom. The molecule has 0 aliphatic carbocycles. The van der Waals surface area contributed by atoms with E-state index in [1.54, 1.807) is 24.3 Å². The van der Waals surface area contributed by atoms with Crippen molar-refractivity contribution < 1.29 is 4.39 Å². The van der Waals surface area contributed by atoms with Gasteiger partial charge in [-0.1, -0.05) is 23.7 Å². The largest absolute Gasteiger partial charge is 0.397 e. The Kier molecular flexibility index (Phi) is 3.35. The second kappa shape index (κ2) is 4.94. The Morgan fingerprint density at radius 2 is 1.94 bits per heavy atom. The molecule has 0 unspecified atom stereocenters. The molecule has 5 heteroatoms. The SMILES string of the molecule is N#Cc1ccccc1Nc1cc(F)c(Cl)cc1N. The van der Waals surface area contributed by atoms with Crippen molar-refractivity contribution in [2.24, 2.45) is 0 Å². The van der Waals surface area contributed by atoms with Crippen LogP contribution in [0, 0.1) is 17.1 Å². The topological polar surface area (TPSA) is 61.8 Å². The molecule has 90 valence electrons. The Labute approximate surface area is 109 Å². The molecular formula is C13H9ClFN3. The van der Waals surface area contributed by atoms with E-state index in [1.165, 1.54) is 12.1 Å². The monoisotopic (exact) mass is 261 g/mol. The third-order valence-electron chi connectivity index (χ3n) is 2.41. The van der Waals surface area contributed by atoms with Crippen LogP contribution in [0.2, 0.25) is 5.02 Å². The standard InChI is InChI=1S/C13H9ClFN3/c14-9-5-11(17)13(6-10(9)15)18-12-4-2-1-3-8(12)7-16/h1-6,18H,17H2. The van der Waals surface area contributed by atoms with Gasteiger partial charge in [-0.25, -0.2) is 4.39 Å². The number of nitriles is 1. The number of hydrogen-bond donors (Lipinski definition) is 2. The third-order valence-corrected chi connectivity index (χ3v) is 2.70. The van der Waals surface area contributed by atoms with Crippen molar-refractivity contribution in [3.63, 3.8) is 0 Å². The number of nitrogen functional groups attached to an aromatic ring is 1. The summed E-state index contributed by atoms with van der Waals surface area (Å²) in [5, 5.41) is 11.8. The van der Waals surface area contributed by atoms with E-state index in [9.17, 15) is 4.39 Å². The van der Waals surface area contributed by atoms with Crippen LogP contribution < -0.4 is 11.1 Å². The normalized spacial score (nSPS) is 9.83. The quantitative estimate of drug-likeness (QED) is 0.811. The van der Waals surface area contributed by atoms with E-state index in [0.29, 0.717) is 22.6 Å². The summed E-state index contributed by atoms with van der Waals surface area (Å²) >= 11 is 5.61. The zero-order valence-corrected chi connectivity index (χ0v) is 10.0. The van der Waals surface area contributed by atoms with Gasteiger partial charge in [-0.05, 0) is 18.2 Å². The molecule has 0 aliphatic heterocycles. The minimum atomic E-state index is -0.567. The summed E-state index contributed by atoms with van der Waals surface area (Å²) in [5.74, 6) is -0.567. The lowest BCUT2D eigenvalue weighted by atomic mass is 10.2. The molecule has 0 saturated carbocycles. The van der Waals surface area contributed by atoms with Gasteiger partial charge in [-0.3, -0.25) is 0 Å². The van der Waals surface area contributed by atoms with Crippen molar-refractivity contribution in [2.45, 2.75) is 0 Å². The summed E-state index contributed by atoms with van der Waals surface area (Å²) < 4.78 is 13.4. The summed E-state index contributed by atoms with van der Waals surface area (Å²) in [6.45, 7) is 0. The van der Waals surface area contributed by atoms with Gasteiger partial charge in [-0.2, -0.15) is 5.26 Å². The van der Waals surface area contributed by atoms with Gasteiger partial charge in [0.2, 0.25) is 0 Å². The fourth-order valence-electron chi connectivity index (χ4n) is 1.51. The summed E-state index contributed by atoms with van der Waals surface area (Å²) in [4.78, 5) is 0. The molecule has 0 spiro atoms. The Morgan fingerprint density at radius 1 is 1.22 bits per heavy atom. The van der Waals surface area contributed by atoms with Gasteiger partial charge in [0.05, 0.1) is 27.6 Å². The lowest BCUT2D eigenvalue weighted by Crippen LogP contribution is -1.99. The summed E-state index contributed by atoms with van der Waals surface area (Å²) in [6.07, 6.45) is 0. The van der Waals surface area contributed by atoms with E-state index >= 15 is 0 Å². The number of nitrogens with two attached hydrogens (primary N) is 1. The van der Waals surface area contributed by atoms with Crippen molar-refractivity contribution in [3.05, 3.63) is 52.8 Å². The molecule has 3 N–H and O–H groups in total. The van der Waals surface area contributed by atoms with Gasteiger partial charge in [0.15, 0.2) is 0 Å². The second-order valence-corrected chi connectivity index (χ2v) is 4.04. The van der Waals surface area contributed by atoms with Crippen LogP contribution in [0.3, 0.4) is 0 Å². The molecule has 0 amide bonds. The summed E-state index contributed by atoms with van der Waals surface area (Å²) in [7, 11) is 0. The first-order chi connectivity index (χ1) is 8.61. The molecule has 0 radical (unpaired) electrons. The molecule has 2 rings (SSSR count). The maximum atomic E-state index is 13.4. The minimum absolute atomic E-state index is 0.0355. The zero-order valence-electron chi connectivity index (χ0n) is 9.24. The van der Waals surface area contributed by atoms with Gasteiger partial charge in [0.1, 0.15) is 11.9 Å². The first-order valence-corrected chi connectivity index (χ1v) is 5.50. The number of rotatable bonds is 2. The molecule has 0 aromatic heterocycles. The molecule has 0 saturated heterocycles. The van der Waals surface area contributed by atoms with Crippen LogP contribution in [-0.2, 0) is 0 Å². The Hall–Kier alpha value is -2.25. The van der Waals surface area contributed by atoms with Crippen LogP contribution in [0.4, 0.5) is 21.5 Å². The fourth-order valence-corrected chi connectivity index (χ4v) is 1.68. The van der Waals surface area contributed by atoms with Gasteiger partial charge in [-0.15, -0.1) is 0 Å². The first kappa shape index (κ1) is 12.2. The maximum Gasteiger partial charge on any atom is 0.144 e. The smallest absolute Gasteiger partial charge is 0.144 e. The molecule has 2 aromatic rings. The van der Waals surface area contributed by atoms with Gasteiger partial charge in [0, 0.05) is 6.07 Å². The zero-order chi connectivity index (χ0) is 13.1. The van der Waals surface area contributed by atoms with Crippen molar-refractivity contribution >= 4 is 28.7 Å². The van der Waals surface area contributed by atoms with Crippen LogP contribution in [0.5, 0.6) is 0 Å². The number of nitrogens with one attached hydrogen (secondary N) is 1. The third kappa shape index (κ3) is 2.36. The summed E-state index contributed by atoms with van der Waals surface area (Å²) in [5.41, 5.74) is 7.44. The molecule has 2 aromatic carbocycles. The van der Waals surface area contributed by atoms with Crippen LogP contribution in [-0.4, -0.2) is 0 Å². The second-order valence-electron chi connectivity index (χ2n) is 3.64. The Bertz CT molecular complexity index is 635. The van der Waals surface area contributed by atoms with Crippen molar-refractivity contribution in [1.82, 2.24) is 0 Å². The number of hydrogen-bond acceptors (Lipinski definition) is 3. The van der Waals surface area contributed by atoms with Crippen molar-refractivity contribution in [2.75, 3.05) is 11.1 Å². The first-order valence-electron chi connectivity index (χ1n) is 5.12. The minimum Gasteiger partial charge on any atom is -0.397 e. The van der Waals surface area contributed by atoms with E-state index < -0.39 is 5.82 Å². The van der Waals surface area contributed by atoms with Crippen molar-refractivity contribution in [1.29, 1.82) is 5.26 Å². The van der Waals surface area contributed by atoms with E-state index in [2.05, 4.69) is 5.32 Å². The molecule has 0 heterocycles. The molecule has 0 aliphatic rings. The lowest BCUT2D eigenvalue weighted by Gasteiger charge is -2.11. The number of benzene rings is 2. The van der Waals surface area contributed by atoms with E-state index in [4.69, 9.17) is 22.6 Å². The van der Waals surface area contributed by atoms with Crippen LogP contribution in [0.1, 0.15) is 5.56 Å².